The minimum atomic E-state index is -0.662. The van der Waals surface area contributed by atoms with Crippen LogP contribution in [0.2, 0.25) is 0 Å². The molecule has 0 aromatic rings. The lowest BCUT2D eigenvalue weighted by Crippen LogP contribution is -2.45. The van der Waals surface area contributed by atoms with Crippen LogP contribution in [0.5, 0.6) is 0 Å². The summed E-state index contributed by atoms with van der Waals surface area (Å²) >= 11 is 0. The molecule has 1 amide bonds. The van der Waals surface area contributed by atoms with Crippen molar-refractivity contribution in [2.75, 3.05) is 13.2 Å². The number of allylic oxidation sites excluding steroid dienone is 4. The van der Waals surface area contributed by atoms with Crippen LogP contribution in [0.15, 0.2) is 24.3 Å². The van der Waals surface area contributed by atoms with Gasteiger partial charge in [-0.05, 0) is 51.4 Å². The normalized spacial score (nSPS) is 12.6. The fourth-order valence-electron chi connectivity index (χ4n) is 12.0. The van der Waals surface area contributed by atoms with Crippen LogP contribution in [0.25, 0.3) is 0 Å². The summed E-state index contributed by atoms with van der Waals surface area (Å²) in [5.41, 5.74) is 0. The van der Waals surface area contributed by atoms with E-state index in [4.69, 9.17) is 4.74 Å². The molecule has 0 saturated heterocycles. The van der Waals surface area contributed by atoms with Crippen LogP contribution in [-0.2, 0) is 14.3 Å². The topological polar surface area (TPSA) is 95.9 Å². The van der Waals surface area contributed by atoms with Crippen LogP contribution in [0.4, 0.5) is 0 Å². The van der Waals surface area contributed by atoms with Gasteiger partial charge in [-0.2, -0.15) is 0 Å². The van der Waals surface area contributed by atoms with E-state index in [9.17, 15) is 19.8 Å². The van der Waals surface area contributed by atoms with Gasteiger partial charge in [0.05, 0.1) is 25.4 Å². The van der Waals surface area contributed by atoms with E-state index in [0.29, 0.717) is 25.9 Å². The van der Waals surface area contributed by atoms with Gasteiger partial charge in [0, 0.05) is 12.8 Å². The summed E-state index contributed by atoms with van der Waals surface area (Å²) in [6.45, 7) is 4.95. The van der Waals surface area contributed by atoms with Gasteiger partial charge in [-0.15, -0.1) is 0 Å². The number of aliphatic hydroxyl groups excluding tert-OH is 2. The Kier molecular flexibility index (Phi) is 70.4. The number of rotatable bonds is 71. The second kappa shape index (κ2) is 71.8. The Labute approximate surface area is 513 Å². The van der Waals surface area contributed by atoms with Crippen molar-refractivity contribution in [1.82, 2.24) is 5.32 Å². The summed E-state index contributed by atoms with van der Waals surface area (Å²) in [6, 6.07) is -0.539. The van der Waals surface area contributed by atoms with Crippen LogP contribution in [0, 0.1) is 0 Å². The molecule has 6 nitrogen and oxygen atoms in total. The molecular weight excluding hydrogens is 1010 g/mol. The van der Waals surface area contributed by atoms with Gasteiger partial charge in [0.15, 0.2) is 0 Å². The maximum absolute atomic E-state index is 12.6. The van der Waals surface area contributed by atoms with Crippen molar-refractivity contribution in [3.05, 3.63) is 24.3 Å². The highest BCUT2D eigenvalue weighted by molar-refractivity contribution is 5.76. The first kappa shape index (κ1) is 80.3. The first-order valence-electron chi connectivity index (χ1n) is 37.6. The average molecular weight is 1160 g/mol. The number of carbonyl (C=O) groups is 2. The molecule has 6 heteroatoms. The lowest BCUT2D eigenvalue weighted by Gasteiger charge is -2.22. The highest BCUT2D eigenvalue weighted by Gasteiger charge is 2.20. The van der Waals surface area contributed by atoms with Crippen LogP contribution in [0.1, 0.15) is 425 Å². The lowest BCUT2D eigenvalue weighted by molar-refractivity contribution is -0.143. The molecule has 0 aliphatic heterocycles. The number of hydrogen-bond acceptors (Lipinski definition) is 5. The summed E-state index contributed by atoms with van der Waals surface area (Å²) < 4.78 is 5.49. The van der Waals surface area contributed by atoms with Crippen LogP contribution >= 0.6 is 0 Å². The first-order chi connectivity index (χ1) is 40.5. The zero-order valence-corrected chi connectivity index (χ0v) is 55.8. The lowest BCUT2D eigenvalue weighted by atomic mass is 10.0. The molecule has 2 atom stereocenters. The number of esters is 1. The van der Waals surface area contributed by atoms with Gasteiger partial charge in [0.25, 0.3) is 0 Å². The molecule has 82 heavy (non-hydrogen) atoms. The maximum atomic E-state index is 12.6. The Hall–Kier alpha value is -1.66. The van der Waals surface area contributed by atoms with E-state index >= 15 is 0 Å². The zero-order valence-electron chi connectivity index (χ0n) is 55.8. The van der Waals surface area contributed by atoms with E-state index in [1.165, 1.54) is 340 Å². The van der Waals surface area contributed by atoms with E-state index in [1.807, 2.05) is 0 Å². The molecule has 0 radical (unpaired) electrons. The Morgan fingerprint density at radius 1 is 0.341 bits per heavy atom. The van der Waals surface area contributed by atoms with Gasteiger partial charge in [-0.25, -0.2) is 0 Å². The van der Waals surface area contributed by atoms with Gasteiger partial charge in [0.1, 0.15) is 0 Å². The number of hydrogen-bond donors (Lipinski definition) is 3. The van der Waals surface area contributed by atoms with Gasteiger partial charge in [0.2, 0.25) is 5.91 Å². The summed E-state index contributed by atoms with van der Waals surface area (Å²) in [5.74, 6) is -0.0199. The summed E-state index contributed by atoms with van der Waals surface area (Å²) in [6.07, 6.45) is 91.1. The van der Waals surface area contributed by atoms with Crippen LogP contribution < -0.4 is 5.32 Å². The molecule has 3 N–H and O–H groups in total. The Morgan fingerprint density at radius 3 is 0.963 bits per heavy atom. The molecule has 0 aliphatic carbocycles. The maximum Gasteiger partial charge on any atom is 0.305 e. The summed E-state index contributed by atoms with van der Waals surface area (Å²) in [7, 11) is 0. The largest absolute Gasteiger partial charge is 0.466 e. The Balaban J connectivity index is 3.34. The van der Waals surface area contributed by atoms with E-state index in [0.717, 1.165) is 51.4 Å². The smallest absolute Gasteiger partial charge is 0.305 e. The molecule has 0 fully saturated rings. The first-order valence-corrected chi connectivity index (χ1v) is 37.6. The number of aliphatic hydroxyl groups is 2. The molecule has 2 unspecified atom stereocenters. The molecule has 0 bridgehead atoms. The average Bonchev–Trinajstić information content (AvgIpc) is 3.48. The number of ether oxygens (including phenoxy) is 1. The summed E-state index contributed by atoms with van der Waals surface area (Å²) in [4.78, 5) is 24.6. The molecule has 486 valence electrons. The third kappa shape index (κ3) is 67.5. The van der Waals surface area contributed by atoms with Crippen LogP contribution in [-0.4, -0.2) is 47.4 Å². The van der Waals surface area contributed by atoms with Crippen molar-refractivity contribution < 1.29 is 24.5 Å². The Bertz CT molecular complexity index is 1280. The fraction of sp³-hybridized carbons (Fsp3) is 0.921. The fourth-order valence-corrected chi connectivity index (χ4v) is 12.0. The van der Waals surface area contributed by atoms with Gasteiger partial charge < -0.3 is 20.3 Å². The zero-order chi connectivity index (χ0) is 59.2. The molecule has 0 saturated carbocycles. The molecule has 0 aromatic carbocycles. The number of nitrogens with one attached hydrogen (secondary N) is 1. The van der Waals surface area contributed by atoms with Gasteiger partial charge in [-0.1, -0.05) is 385 Å². The van der Waals surface area contributed by atoms with Crippen molar-refractivity contribution >= 4 is 11.9 Å². The minimum Gasteiger partial charge on any atom is -0.466 e. The predicted octanol–water partition coefficient (Wildman–Crippen LogP) is 24.5. The van der Waals surface area contributed by atoms with E-state index in [1.54, 1.807) is 0 Å². The SMILES string of the molecule is CCCC/C=C\C/C=C\CCCCCCCC(=O)OCCCCCCCCCCCCCCCCCCCCCCCCCCCCCCCCC(=O)NC(CO)C(O)CCCCCCCCCCCCCCCCCCCCCCC. The minimum absolute atomic E-state index is 0.00624. The highest BCUT2D eigenvalue weighted by atomic mass is 16.5. The Morgan fingerprint density at radius 2 is 0.622 bits per heavy atom. The molecule has 0 spiro atoms. The quantitative estimate of drug-likeness (QED) is 0.0320. The predicted molar refractivity (Wildman–Crippen MR) is 361 cm³/mol. The number of amides is 1. The van der Waals surface area contributed by atoms with Gasteiger partial charge >= 0.3 is 5.97 Å². The monoisotopic (exact) mass is 1150 g/mol. The highest BCUT2D eigenvalue weighted by Crippen LogP contribution is 2.20. The third-order valence-corrected chi connectivity index (χ3v) is 17.8. The van der Waals surface area contributed by atoms with Crippen molar-refractivity contribution in [3.63, 3.8) is 0 Å². The molecule has 0 aliphatic rings. The molecule has 0 heterocycles. The summed E-state index contributed by atoms with van der Waals surface area (Å²) in [5, 5.41) is 23.4. The molecule has 0 rings (SSSR count). The van der Waals surface area contributed by atoms with Crippen LogP contribution in [0.3, 0.4) is 0 Å². The second-order valence-electron chi connectivity index (χ2n) is 26.0. The second-order valence-corrected chi connectivity index (χ2v) is 26.0. The van der Waals surface area contributed by atoms with Crippen molar-refractivity contribution in [1.29, 1.82) is 0 Å². The third-order valence-electron chi connectivity index (χ3n) is 17.8. The van der Waals surface area contributed by atoms with Crippen molar-refractivity contribution in [2.45, 2.75) is 437 Å². The van der Waals surface area contributed by atoms with E-state index in [2.05, 4.69) is 43.5 Å². The van der Waals surface area contributed by atoms with Gasteiger partial charge in [-0.3, -0.25) is 9.59 Å². The standard InChI is InChI=1S/C76H147NO5/c1-3-5-7-9-11-13-15-17-19-20-21-32-35-38-41-44-48-52-56-60-64-68-74(79)73(72-78)77-75(80)69-65-61-57-53-49-45-42-39-36-33-30-28-26-24-22-23-25-27-29-31-34-37-40-43-47-51-55-59-63-67-71-82-76(81)70-66-62-58-54-50-46-18-16-14-12-10-8-6-4-2/h10,12,16,18,73-74,78-79H,3-9,11,13-15,17,19-72H2,1-2H3,(H,77,80)/b12-10-,18-16-. The molecule has 0 aromatic heterocycles. The van der Waals surface area contributed by atoms with Crippen molar-refractivity contribution in [2.24, 2.45) is 0 Å². The van der Waals surface area contributed by atoms with Crippen molar-refractivity contribution in [3.8, 4) is 0 Å². The van der Waals surface area contributed by atoms with E-state index in [-0.39, 0.29) is 18.5 Å². The van der Waals surface area contributed by atoms with E-state index < -0.39 is 12.1 Å². The molecular formula is C76H147NO5. The number of carbonyl (C=O) groups excluding carboxylic acids is 2. The number of unbranched alkanes of at least 4 members (excludes halogenated alkanes) is 56.